The molecule has 0 aromatic heterocycles. The number of allylic oxidation sites excluding steroid dienone is 1. The maximum atomic E-state index is 2.67. The molecule has 0 atom stereocenters. The van der Waals surface area contributed by atoms with Gasteiger partial charge in [0.15, 0.2) is 0 Å². The average Bonchev–Trinajstić information content (AvgIpc) is 2.53. The zero-order valence-electron chi connectivity index (χ0n) is 15.9. The summed E-state index contributed by atoms with van der Waals surface area (Å²) in [7, 11) is 0. The summed E-state index contributed by atoms with van der Waals surface area (Å²) in [4.78, 5) is 2.67. The van der Waals surface area contributed by atoms with E-state index in [0.717, 1.165) is 6.54 Å². The van der Waals surface area contributed by atoms with E-state index in [9.17, 15) is 0 Å². The Bertz CT molecular complexity index is 212. The van der Waals surface area contributed by atoms with E-state index in [-0.39, 0.29) is 0 Å². The first-order valence-corrected chi connectivity index (χ1v) is 10.2. The van der Waals surface area contributed by atoms with Gasteiger partial charge in [-0.1, -0.05) is 13.8 Å². The Morgan fingerprint density at radius 1 is 0.636 bits per heavy atom. The van der Waals surface area contributed by atoms with Crippen LogP contribution in [0.5, 0.6) is 0 Å². The number of nitrogens with zero attached hydrogens (tertiary/aromatic N) is 1. The van der Waals surface area contributed by atoms with Gasteiger partial charge in [0.1, 0.15) is 0 Å². The van der Waals surface area contributed by atoms with Crippen LogP contribution in [0.25, 0.3) is 0 Å². The monoisotopic (exact) mass is 301 g/mol. The Morgan fingerprint density at radius 3 is 1.55 bits per heavy atom. The molecule has 22 heavy (non-hydrogen) atoms. The van der Waals surface area contributed by atoms with Crippen molar-refractivity contribution in [2.75, 3.05) is 19.6 Å². The van der Waals surface area contributed by atoms with Crippen LogP contribution >= 0.6 is 0 Å². The summed E-state index contributed by atoms with van der Waals surface area (Å²) in [6.07, 6.45) is 21.6. The quantitative estimate of drug-likeness (QED) is 0.177. The van der Waals surface area contributed by atoms with Crippen LogP contribution in [0, 0.1) is 0 Å². The van der Waals surface area contributed by atoms with Crippen LogP contribution in [0.15, 0.2) is 12.2 Å². The van der Waals surface area contributed by atoms with Gasteiger partial charge in [-0.3, -0.25) is 0 Å². The van der Waals surface area contributed by atoms with Gasteiger partial charge >= 0.3 is 137 Å². The minimum atomic E-state index is 1.16. The summed E-state index contributed by atoms with van der Waals surface area (Å²) in [6, 6.07) is 0. The molecular weight excluding hydrogens is 261 g/mol. The van der Waals surface area contributed by atoms with Gasteiger partial charge in [-0.2, -0.15) is 0 Å². The van der Waals surface area contributed by atoms with Crippen LogP contribution in [-0.4, -0.2) is 42.2 Å². The summed E-state index contributed by atoms with van der Waals surface area (Å²) in [6.45, 7) is 8.35. The Labute approximate surface area is 150 Å². The Kier molecular flexibility index (Phi) is 19.6. The molecule has 0 saturated heterocycles. The Morgan fingerprint density at radius 2 is 1.09 bits per heavy atom. The van der Waals surface area contributed by atoms with E-state index < -0.39 is 0 Å². The van der Waals surface area contributed by atoms with Crippen molar-refractivity contribution in [1.82, 2.24) is 4.90 Å². The van der Waals surface area contributed by atoms with Gasteiger partial charge in [0.2, 0.25) is 0 Å². The third-order valence-corrected chi connectivity index (χ3v) is 4.42. The van der Waals surface area contributed by atoms with Crippen LogP contribution in [0.4, 0.5) is 0 Å². The fourth-order valence-electron chi connectivity index (χ4n) is 2.92. The minimum absolute atomic E-state index is 1.16. The summed E-state index contributed by atoms with van der Waals surface area (Å²) in [5.74, 6) is 0. The molecule has 0 aliphatic carbocycles. The molecule has 0 aliphatic heterocycles. The van der Waals surface area contributed by atoms with Gasteiger partial charge in [-0.25, -0.2) is 0 Å². The van der Waals surface area contributed by atoms with Gasteiger partial charge in [0.05, 0.1) is 0 Å². The molecule has 0 fully saturated rings. The van der Waals surface area contributed by atoms with Crippen LogP contribution in [0.1, 0.15) is 90.9 Å². The normalized spacial score (nSPS) is 11.9. The third-order valence-electron chi connectivity index (χ3n) is 4.42. The van der Waals surface area contributed by atoms with E-state index in [0.29, 0.717) is 0 Å². The molecule has 0 saturated carbocycles. The fraction of sp³-hybridized carbons (Fsp3) is 0.900. The Balaban J connectivity index is 3.72. The molecule has 0 heterocycles. The summed E-state index contributed by atoms with van der Waals surface area (Å²) in [5, 5.41) is 1.17. The van der Waals surface area contributed by atoms with Gasteiger partial charge in [0, 0.05) is 0 Å². The summed E-state index contributed by atoms with van der Waals surface area (Å²) >= 11 is 2.22. The fourth-order valence-corrected chi connectivity index (χ4v) is 2.92. The zero-order valence-corrected chi connectivity index (χ0v) is 15.9. The molecule has 0 aromatic rings. The van der Waals surface area contributed by atoms with Gasteiger partial charge in [0.25, 0.3) is 0 Å². The average molecular weight is 301 g/mol. The first-order valence-electron chi connectivity index (χ1n) is 10.2. The van der Waals surface area contributed by atoms with Crippen LogP contribution < -0.4 is 0 Å². The van der Waals surface area contributed by atoms with Crippen molar-refractivity contribution < 1.29 is 0 Å². The van der Waals surface area contributed by atoms with Crippen molar-refractivity contribution >= 4 is 17.7 Å². The van der Waals surface area contributed by atoms with E-state index in [4.69, 9.17) is 0 Å². The number of hydrogen-bond acceptors (Lipinski definition) is 1. The second-order valence-electron chi connectivity index (χ2n) is 6.72. The predicted octanol–water partition coefficient (Wildman–Crippen LogP) is 6.15. The Hall–Kier alpha value is 0.297. The van der Waals surface area contributed by atoms with E-state index in [1.165, 1.54) is 95.2 Å². The van der Waals surface area contributed by atoms with Crippen LogP contribution in [0.2, 0.25) is 5.09 Å². The van der Waals surface area contributed by atoms with Crippen molar-refractivity contribution in [2.45, 2.75) is 96.0 Å². The molecule has 0 aliphatic rings. The van der Waals surface area contributed by atoms with E-state index >= 15 is 0 Å². The predicted molar refractivity (Wildman–Crippen MR) is 103 cm³/mol. The summed E-state index contributed by atoms with van der Waals surface area (Å²) < 4.78 is 0. The molecular formula is C20H40LiN. The SMILES string of the molecule is [Li][CH2]C=CCN(CCCCCCCC)CCCCCCCC. The molecule has 0 unspecified atom stereocenters. The molecule has 0 amide bonds. The van der Waals surface area contributed by atoms with Crippen LogP contribution in [-0.2, 0) is 0 Å². The first kappa shape index (κ1) is 22.3. The molecule has 0 aromatic carbocycles. The van der Waals surface area contributed by atoms with E-state index in [2.05, 4.69) is 48.6 Å². The van der Waals surface area contributed by atoms with E-state index in [1.54, 1.807) is 0 Å². The second kappa shape index (κ2) is 19.3. The van der Waals surface area contributed by atoms with Gasteiger partial charge in [-0.15, -0.1) is 0 Å². The molecule has 0 N–H and O–H groups in total. The van der Waals surface area contributed by atoms with Crippen molar-refractivity contribution in [1.29, 1.82) is 0 Å². The van der Waals surface area contributed by atoms with Crippen molar-refractivity contribution in [3.8, 4) is 0 Å². The molecule has 126 valence electrons. The standard InChI is InChI=1S/C20H40N.Li/c1-4-7-10-12-14-16-19-21(18-9-6-3)20-17-15-13-11-8-5-2;/h6,9H,3-5,7-8,10-20H2,1-2H3;. The minimum Gasteiger partial charge on any atom is -0.0654 e. The number of hydrogen-bond donors (Lipinski definition) is 0. The summed E-state index contributed by atoms with van der Waals surface area (Å²) in [5.41, 5.74) is 0. The van der Waals surface area contributed by atoms with Crippen molar-refractivity contribution in [3.63, 3.8) is 0 Å². The smallest absolute Gasteiger partial charge is 0.0654 e. The van der Waals surface area contributed by atoms with Crippen molar-refractivity contribution in [2.24, 2.45) is 0 Å². The molecule has 1 nitrogen and oxygen atoms in total. The number of rotatable bonds is 17. The molecule has 2 heteroatoms. The second-order valence-corrected chi connectivity index (χ2v) is 6.72. The molecule has 0 radical (unpaired) electrons. The first-order chi connectivity index (χ1) is 10.8. The van der Waals surface area contributed by atoms with Gasteiger partial charge in [-0.05, 0) is 0 Å². The molecule has 0 rings (SSSR count). The topological polar surface area (TPSA) is 3.24 Å². The molecule has 0 bridgehead atoms. The number of unbranched alkanes of at least 4 members (excludes halogenated alkanes) is 10. The zero-order chi connectivity index (χ0) is 16.3. The molecule has 0 spiro atoms. The van der Waals surface area contributed by atoms with Crippen molar-refractivity contribution in [3.05, 3.63) is 12.2 Å². The third kappa shape index (κ3) is 16.7. The van der Waals surface area contributed by atoms with Gasteiger partial charge < -0.3 is 0 Å². The maximum absolute atomic E-state index is 2.67. The van der Waals surface area contributed by atoms with Crippen LogP contribution in [0.3, 0.4) is 0 Å². The van der Waals surface area contributed by atoms with E-state index in [1.807, 2.05) is 0 Å².